The minimum atomic E-state index is -3.50. The van der Waals surface area contributed by atoms with Crippen LogP contribution >= 0.6 is 0 Å². The van der Waals surface area contributed by atoms with Crippen LogP contribution in [0.15, 0.2) is 45.8 Å². The second-order valence-electron chi connectivity index (χ2n) is 5.96. The van der Waals surface area contributed by atoms with Gasteiger partial charge in [0.15, 0.2) is 14.9 Å². The van der Waals surface area contributed by atoms with Crippen molar-refractivity contribution in [2.45, 2.75) is 24.8 Å². The molecule has 0 fully saturated rings. The van der Waals surface area contributed by atoms with E-state index in [0.29, 0.717) is 39.0 Å². The van der Waals surface area contributed by atoms with Gasteiger partial charge in [-0.25, -0.2) is 8.42 Å². The molecule has 2 heterocycles. The van der Waals surface area contributed by atoms with E-state index in [0.717, 1.165) is 6.26 Å². The van der Waals surface area contributed by atoms with Crippen molar-refractivity contribution in [2.75, 3.05) is 6.26 Å². The van der Waals surface area contributed by atoms with Gasteiger partial charge in [-0.3, -0.25) is 5.10 Å². The summed E-state index contributed by atoms with van der Waals surface area (Å²) in [4.78, 5) is 0. The maximum Gasteiger partial charge on any atom is 0.195 e. The number of hydrogen-bond acceptors (Lipinski definition) is 6. The fourth-order valence-electron chi connectivity index (χ4n) is 3.09. The third kappa shape index (κ3) is 2.67. The molecule has 1 aromatic heterocycles. The number of aromatic amines is 1. The molecule has 0 radical (unpaired) electrons. The minimum absolute atomic E-state index is 0.0447. The lowest BCUT2D eigenvalue weighted by Crippen LogP contribution is -2.23. The van der Waals surface area contributed by atoms with Crippen molar-refractivity contribution in [1.82, 2.24) is 15.5 Å². The molecule has 25 heavy (non-hydrogen) atoms. The molecular formula is C17H15N5O2S. The van der Waals surface area contributed by atoms with Crippen molar-refractivity contribution in [2.24, 2.45) is 0 Å². The number of nitriles is 2. The smallest absolute Gasteiger partial charge is 0.195 e. The Kier molecular flexibility index (Phi) is 3.86. The lowest BCUT2D eigenvalue weighted by Gasteiger charge is -2.26. The molecule has 1 aliphatic rings. The van der Waals surface area contributed by atoms with Crippen LogP contribution in [-0.2, 0) is 9.84 Å². The number of rotatable bonds is 2. The van der Waals surface area contributed by atoms with Crippen molar-refractivity contribution in [3.05, 3.63) is 46.3 Å². The van der Waals surface area contributed by atoms with Gasteiger partial charge in [0.05, 0.1) is 34.7 Å². The molecular weight excluding hydrogens is 338 g/mol. The highest BCUT2D eigenvalue weighted by Crippen LogP contribution is 2.38. The van der Waals surface area contributed by atoms with Gasteiger partial charge >= 0.3 is 0 Å². The summed E-state index contributed by atoms with van der Waals surface area (Å²) in [5, 5.41) is 29.1. The highest BCUT2D eigenvalue weighted by molar-refractivity contribution is 7.90. The Balaban J connectivity index is 2.29. The standard InChI is InChI=1S/C17H15N5O2S/c1-9-13(7-18)16(14(8-19)10(2)20-9)11-4-5-15-12(6-11)17(22-21-15)25(3,23)24/h4-6,16,20H,1-3H3,(H,21,22). The van der Waals surface area contributed by atoms with Crippen LogP contribution in [0, 0.1) is 22.7 Å². The molecule has 8 heteroatoms. The molecule has 1 aliphatic heterocycles. The van der Waals surface area contributed by atoms with E-state index in [9.17, 15) is 18.9 Å². The first kappa shape index (κ1) is 16.7. The van der Waals surface area contributed by atoms with Crippen LogP contribution in [0.1, 0.15) is 25.3 Å². The Morgan fingerprint density at radius 2 is 1.72 bits per heavy atom. The summed E-state index contributed by atoms with van der Waals surface area (Å²) in [5.41, 5.74) is 3.49. The third-order valence-electron chi connectivity index (χ3n) is 4.24. The Morgan fingerprint density at radius 1 is 1.12 bits per heavy atom. The maximum absolute atomic E-state index is 11.9. The van der Waals surface area contributed by atoms with E-state index < -0.39 is 15.8 Å². The van der Waals surface area contributed by atoms with E-state index >= 15 is 0 Å². The highest BCUT2D eigenvalue weighted by atomic mass is 32.2. The first-order valence-corrected chi connectivity index (χ1v) is 9.34. The Morgan fingerprint density at radius 3 is 2.24 bits per heavy atom. The molecule has 0 atom stereocenters. The van der Waals surface area contributed by atoms with Crippen LogP contribution in [-0.4, -0.2) is 24.9 Å². The van der Waals surface area contributed by atoms with Crippen molar-refractivity contribution in [3.63, 3.8) is 0 Å². The second kappa shape index (κ2) is 5.76. The first-order valence-electron chi connectivity index (χ1n) is 7.44. The summed E-state index contributed by atoms with van der Waals surface area (Å²) in [5.74, 6) is -0.539. The summed E-state index contributed by atoms with van der Waals surface area (Å²) in [6, 6.07) is 9.50. The van der Waals surface area contributed by atoms with Gasteiger partial charge in [0, 0.05) is 23.0 Å². The number of nitrogens with one attached hydrogen (secondary N) is 2. The number of dihydropyridines is 1. The van der Waals surface area contributed by atoms with Crippen LogP contribution in [0.3, 0.4) is 0 Å². The first-order chi connectivity index (χ1) is 11.8. The predicted octanol–water partition coefficient (Wildman–Crippen LogP) is 2.25. The number of aromatic nitrogens is 2. The molecule has 2 aromatic rings. The lowest BCUT2D eigenvalue weighted by molar-refractivity contribution is 0.598. The largest absolute Gasteiger partial charge is 0.361 e. The fourth-order valence-corrected chi connectivity index (χ4v) is 3.87. The number of nitrogens with zero attached hydrogens (tertiary/aromatic N) is 3. The number of H-pyrrole nitrogens is 1. The quantitative estimate of drug-likeness (QED) is 0.853. The van der Waals surface area contributed by atoms with E-state index in [4.69, 9.17) is 0 Å². The second-order valence-corrected chi connectivity index (χ2v) is 7.90. The zero-order valence-electron chi connectivity index (χ0n) is 13.9. The van der Waals surface area contributed by atoms with Gasteiger partial charge in [-0.15, -0.1) is 0 Å². The predicted molar refractivity (Wildman–Crippen MR) is 91.7 cm³/mol. The van der Waals surface area contributed by atoms with Crippen LogP contribution in [0.4, 0.5) is 0 Å². The van der Waals surface area contributed by atoms with Crippen LogP contribution in [0.25, 0.3) is 10.9 Å². The normalized spacial score (nSPS) is 15.9. The van der Waals surface area contributed by atoms with E-state index in [1.807, 2.05) is 0 Å². The maximum atomic E-state index is 11.9. The number of benzene rings is 1. The summed E-state index contributed by atoms with van der Waals surface area (Å²) in [7, 11) is -3.50. The molecule has 3 rings (SSSR count). The molecule has 0 unspecified atom stereocenters. The van der Waals surface area contributed by atoms with Crippen molar-refractivity contribution >= 4 is 20.7 Å². The molecule has 0 bridgehead atoms. The van der Waals surface area contributed by atoms with Crippen molar-refractivity contribution in [3.8, 4) is 12.1 Å². The van der Waals surface area contributed by atoms with Gasteiger partial charge in [0.25, 0.3) is 0 Å². The average Bonchev–Trinajstić information content (AvgIpc) is 2.97. The van der Waals surface area contributed by atoms with Gasteiger partial charge < -0.3 is 5.32 Å². The number of hydrogen-bond donors (Lipinski definition) is 2. The Bertz CT molecular complexity index is 1100. The molecule has 0 saturated heterocycles. The van der Waals surface area contributed by atoms with E-state index in [2.05, 4.69) is 27.7 Å². The van der Waals surface area contributed by atoms with Gasteiger partial charge in [0.2, 0.25) is 0 Å². The van der Waals surface area contributed by atoms with Gasteiger partial charge in [-0.1, -0.05) is 6.07 Å². The van der Waals surface area contributed by atoms with Crippen LogP contribution < -0.4 is 5.32 Å². The molecule has 7 nitrogen and oxygen atoms in total. The monoisotopic (exact) mass is 353 g/mol. The molecule has 0 saturated carbocycles. The molecule has 0 spiro atoms. The number of allylic oxidation sites excluding steroid dienone is 4. The van der Waals surface area contributed by atoms with Gasteiger partial charge in [-0.2, -0.15) is 15.6 Å². The molecule has 0 amide bonds. The summed E-state index contributed by atoms with van der Waals surface area (Å²) >= 11 is 0. The Labute approximate surface area is 145 Å². The number of fused-ring (bicyclic) bond motifs is 1. The highest BCUT2D eigenvalue weighted by Gasteiger charge is 2.30. The van der Waals surface area contributed by atoms with Crippen molar-refractivity contribution in [1.29, 1.82) is 10.5 Å². The van der Waals surface area contributed by atoms with Crippen LogP contribution in [0.2, 0.25) is 0 Å². The molecule has 126 valence electrons. The SMILES string of the molecule is CC1=C(C#N)C(c2ccc3[nH]nc(S(C)(=O)=O)c3c2)C(C#N)=C(C)N1. The van der Waals surface area contributed by atoms with Gasteiger partial charge in [0.1, 0.15) is 0 Å². The number of sulfone groups is 1. The molecule has 1 aromatic carbocycles. The average molecular weight is 353 g/mol. The Hall–Kier alpha value is -3.10. The minimum Gasteiger partial charge on any atom is -0.361 e. The molecule has 2 N–H and O–H groups in total. The van der Waals surface area contributed by atoms with E-state index in [1.54, 1.807) is 32.0 Å². The van der Waals surface area contributed by atoms with E-state index in [1.165, 1.54) is 0 Å². The van der Waals surface area contributed by atoms with Crippen molar-refractivity contribution < 1.29 is 8.42 Å². The topological polar surface area (TPSA) is 122 Å². The van der Waals surface area contributed by atoms with Gasteiger partial charge in [-0.05, 0) is 31.5 Å². The van der Waals surface area contributed by atoms with Crippen LogP contribution in [0.5, 0.6) is 0 Å². The van der Waals surface area contributed by atoms with E-state index in [-0.39, 0.29) is 5.03 Å². The summed E-state index contributed by atoms with van der Waals surface area (Å²) in [6.45, 7) is 3.56. The summed E-state index contributed by atoms with van der Waals surface area (Å²) in [6.07, 6.45) is 1.09. The summed E-state index contributed by atoms with van der Waals surface area (Å²) < 4.78 is 23.8. The molecule has 0 aliphatic carbocycles. The fraction of sp³-hybridized carbons (Fsp3) is 0.235. The lowest BCUT2D eigenvalue weighted by atomic mass is 9.81. The zero-order valence-corrected chi connectivity index (χ0v) is 14.7. The third-order valence-corrected chi connectivity index (χ3v) is 5.25. The zero-order chi connectivity index (χ0) is 18.4.